The summed E-state index contributed by atoms with van der Waals surface area (Å²) in [6, 6.07) is 17.1. The van der Waals surface area contributed by atoms with Crippen molar-refractivity contribution in [2.45, 2.75) is 151 Å². The van der Waals surface area contributed by atoms with Crippen molar-refractivity contribution in [2.75, 3.05) is 20.3 Å². The Balaban J connectivity index is 0.000000308. The van der Waals surface area contributed by atoms with E-state index in [1.54, 1.807) is 52.2 Å². The third-order valence-electron chi connectivity index (χ3n) is 14.1. The van der Waals surface area contributed by atoms with Crippen LogP contribution in [0.5, 0.6) is 0 Å². The van der Waals surface area contributed by atoms with E-state index in [9.17, 15) is 29.2 Å². The number of aryl methyl sites for hydroxylation is 7. The summed E-state index contributed by atoms with van der Waals surface area (Å²) in [5.41, 5.74) is 10.6. The third-order valence-corrected chi connectivity index (χ3v) is 22.7. The smallest absolute Gasteiger partial charge is 0.857 e. The maximum Gasteiger partial charge on any atom is 1.00 e. The minimum atomic E-state index is -0.359. The van der Waals surface area contributed by atoms with Crippen molar-refractivity contribution in [2.24, 2.45) is 0 Å². The van der Waals surface area contributed by atoms with Crippen LogP contribution in [0.2, 0.25) is 30.4 Å². The molecule has 10 rings (SSSR count). The summed E-state index contributed by atoms with van der Waals surface area (Å²) >= 11 is 62.5. The van der Waals surface area contributed by atoms with E-state index >= 15 is 0 Å². The SMILES string of the molecule is C1CCOC1.C[O-].Cc1ccc(Cl)s1.Cc1sc(Cl)cc1C(=O)C1=C(c2cc(Cl)sc2C)CCC1.Cc1sc(Cl)cc1C(=O)CCCCC(=O)c1cc(Cl)sc1C.O=C(Cl)CCCCC(=O)Cl.[C-]#[N+]/C(C#N)=C(\C1=C(c2cc(Cl)sc2C)CCC1)c1cc(Cl)sc1C.[Na+]. The van der Waals surface area contributed by atoms with Gasteiger partial charge in [0.25, 0.3) is 5.70 Å². The second-order valence-corrected chi connectivity index (χ2v) is 34.7. The quantitative estimate of drug-likeness (QED) is 0.0206. The van der Waals surface area contributed by atoms with E-state index in [0.717, 1.165) is 130 Å². The average Bonchev–Trinajstić information content (AvgIpc) is 1.69. The summed E-state index contributed by atoms with van der Waals surface area (Å²) < 4.78 is 9.98. The minimum Gasteiger partial charge on any atom is -0.857 e. The van der Waals surface area contributed by atoms with Crippen LogP contribution in [-0.4, -0.2) is 48.2 Å². The number of nitriles is 1. The van der Waals surface area contributed by atoms with Crippen LogP contribution in [-0.2, 0) is 14.3 Å². The molecule has 7 aromatic rings. The summed E-state index contributed by atoms with van der Waals surface area (Å²) in [7, 11) is 0.750. The molecule has 0 bridgehead atoms. The zero-order valence-electron chi connectivity index (χ0n) is 52.9. The van der Waals surface area contributed by atoms with Crippen molar-refractivity contribution in [3.63, 3.8) is 0 Å². The Morgan fingerprint density at radius 3 is 1.16 bits per heavy atom. The van der Waals surface area contributed by atoms with Crippen LogP contribution in [0.4, 0.5) is 0 Å². The van der Waals surface area contributed by atoms with Crippen LogP contribution in [0.1, 0.15) is 185 Å². The Hall–Kier alpha value is -2.02. The van der Waals surface area contributed by atoms with Crippen molar-refractivity contribution in [3.05, 3.63) is 175 Å². The fraction of sp³-hybridized carbons (Fsp3) is 0.388. The maximum atomic E-state index is 12.8. The molecule has 26 heteroatoms. The Morgan fingerprint density at radius 2 is 0.860 bits per heavy atom. The molecule has 0 spiro atoms. The third kappa shape index (κ3) is 27.9. The van der Waals surface area contributed by atoms with Gasteiger partial charge in [0.15, 0.2) is 17.3 Å². The van der Waals surface area contributed by atoms with E-state index in [1.165, 1.54) is 84.0 Å². The molecule has 93 heavy (non-hydrogen) atoms. The van der Waals surface area contributed by atoms with Crippen molar-refractivity contribution >= 4 is 228 Å². The van der Waals surface area contributed by atoms with Crippen molar-refractivity contribution in [1.82, 2.24) is 0 Å². The van der Waals surface area contributed by atoms with Gasteiger partial charge in [-0.05, 0) is 231 Å². The standard InChI is InChI=1S/C19H14Cl2N2S2.C16H16Cl2O2S2.C16H14Cl2OS2.C6H8Cl2O2.C5H5ClS.C4H8O.CH3O.Na/c1-10-14(7-17(20)24-10)12-5-4-6-13(12)19(16(9-22)23-3)15-8-18(21)25-11(15)2;1-9-11(7-15(17)21-9)13(19)5-3-4-6-14(20)12-8-16(18)22-10(12)2;1-8-12(6-14(17)20-8)10-4-3-5-11(10)16(19)13-7-15(18)21-9(13)2;7-5(9)3-1-2-4-6(8)10;1-4-2-3-5(6)7-4;1-2-4-5-3-1;1-2;/h7-8H,4-6H2,1-2H3;7-8H,3-6H2,1-2H3;6-7H,3-5H2,1-2H3;1-4H2;2-3H,1H3;1-4H2;1H3;/q;;;;;;-1;+1/b19-16+;;;;;;;. The molecular formula is C67H68Cl9N2NaO7S7. The molecule has 2 aliphatic carbocycles. The number of carbonyl (C=O) groups is 5. The molecule has 0 amide bonds. The number of thiophene rings is 7. The number of nitrogens with zero attached hydrogens (tertiary/aromatic N) is 2. The Kier molecular flexibility index (Phi) is 40.5. The molecule has 0 saturated carbocycles. The predicted molar refractivity (Wildman–Crippen MR) is 397 cm³/mol. The maximum absolute atomic E-state index is 12.8. The second-order valence-electron chi connectivity index (χ2n) is 20.7. The van der Waals surface area contributed by atoms with E-state index in [0.29, 0.717) is 79.8 Å². The zero-order valence-corrected chi connectivity index (χ0v) is 67.4. The van der Waals surface area contributed by atoms with Gasteiger partial charge in [-0.25, -0.2) is 10.1 Å². The molecule has 0 aromatic carbocycles. The van der Waals surface area contributed by atoms with Crippen LogP contribution < -0.4 is 34.7 Å². The van der Waals surface area contributed by atoms with Gasteiger partial charge in [-0.2, -0.15) is 7.11 Å². The van der Waals surface area contributed by atoms with Gasteiger partial charge in [-0.15, -0.1) is 79.4 Å². The molecule has 0 N–H and O–H groups in total. The van der Waals surface area contributed by atoms with Crippen molar-refractivity contribution in [1.29, 1.82) is 5.26 Å². The number of hydrogen-bond donors (Lipinski definition) is 0. The minimum absolute atomic E-state index is 0. The number of halogens is 9. The largest absolute Gasteiger partial charge is 1.00 e. The van der Waals surface area contributed by atoms with Crippen molar-refractivity contribution in [3.8, 4) is 6.07 Å². The van der Waals surface area contributed by atoms with Gasteiger partial charge in [0.2, 0.25) is 10.5 Å². The van der Waals surface area contributed by atoms with Gasteiger partial charge in [0.1, 0.15) is 0 Å². The molecule has 7 aromatic heterocycles. The number of Topliss-reactive ketones (excluding diaryl/α,β-unsaturated/α-hetero) is 3. The molecule has 3 aliphatic rings. The molecule has 1 saturated heterocycles. The Bertz CT molecular complexity index is 3750. The second kappa shape index (κ2) is 44.2. The molecule has 0 unspecified atom stereocenters. The summed E-state index contributed by atoms with van der Waals surface area (Å²) in [5, 5.41) is 17.1. The van der Waals surface area contributed by atoms with E-state index in [-0.39, 0.29) is 63.1 Å². The average molecular weight is 1580 g/mol. The van der Waals surface area contributed by atoms with Crippen LogP contribution in [0.3, 0.4) is 0 Å². The molecule has 9 nitrogen and oxygen atoms in total. The number of hydrogen-bond acceptors (Lipinski definition) is 15. The Labute approximate surface area is 641 Å². The van der Waals surface area contributed by atoms with Gasteiger partial charge in [0.05, 0.1) is 43.0 Å². The molecule has 0 radical (unpaired) electrons. The number of carbonyl (C=O) groups excluding carboxylic acids is 5. The monoisotopic (exact) mass is 1570 g/mol. The molecular weight excluding hydrogens is 1510 g/mol. The van der Waals surface area contributed by atoms with E-state index in [4.69, 9.17) is 121 Å². The van der Waals surface area contributed by atoms with Gasteiger partial charge < -0.3 is 9.84 Å². The van der Waals surface area contributed by atoms with E-state index in [1.807, 2.05) is 65.0 Å². The molecule has 1 aliphatic heterocycles. The normalized spacial score (nSPS) is 13.1. The van der Waals surface area contributed by atoms with Gasteiger partial charge in [0, 0.05) is 101 Å². The fourth-order valence-corrected chi connectivity index (χ4v) is 18.4. The van der Waals surface area contributed by atoms with E-state index < -0.39 is 0 Å². The Morgan fingerprint density at radius 1 is 0.495 bits per heavy atom. The molecule has 1 fully saturated rings. The van der Waals surface area contributed by atoms with Crippen LogP contribution >= 0.6 is 184 Å². The fourth-order valence-electron chi connectivity index (χ4n) is 9.93. The summed E-state index contributed by atoms with van der Waals surface area (Å²) in [6.45, 7) is 23.4. The van der Waals surface area contributed by atoms with Crippen LogP contribution in [0.25, 0.3) is 21.6 Å². The van der Waals surface area contributed by atoms with Gasteiger partial charge >= 0.3 is 29.6 Å². The van der Waals surface area contributed by atoms with Crippen LogP contribution in [0, 0.1) is 66.4 Å². The van der Waals surface area contributed by atoms with Crippen LogP contribution in [0.15, 0.2) is 65.4 Å². The molecule has 8 heterocycles. The molecule has 494 valence electrons. The number of allylic oxidation sites excluding steroid dienone is 6. The predicted octanol–water partition coefficient (Wildman–Crippen LogP) is 22.0. The first-order valence-electron chi connectivity index (χ1n) is 28.9. The summed E-state index contributed by atoms with van der Waals surface area (Å²) in [5.74, 6) is 0.329. The molecule has 0 atom stereocenters. The summed E-state index contributed by atoms with van der Waals surface area (Å²) in [4.78, 5) is 68.4. The first kappa shape index (κ1) is 85.2. The first-order chi connectivity index (χ1) is 43.7. The number of ether oxygens (including phenoxy) is 1. The van der Waals surface area contributed by atoms with Gasteiger partial charge in [-0.3, -0.25) is 24.0 Å². The van der Waals surface area contributed by atoms with Crippen molar-refractivity contribution < 1.29 is 63.4 Å². The number of unbranched alkanes of at least 4 members (excludes halogenated alkanes) is 2. The first-order valence-corrected chi connectivity index (χ1v) is 38.1. The summed E-state index contributed by atoms with van der Waals surface area (Å²) in [6.07, 6.45) is 12.4. The number of ketones is 3. The number of rotatable bonds is 18. The van der Waals surface area contributed by atoms with E-state index in [2.05, 4.69) is 24.8 Å². The van der Waals surface area contributed by atoms with Gasteiger partial charge in [-0.1, -0.05) is 81.2 Å². The topological polar surface area (TPSA) is 146 Å². The zero-order chi connectivity index (χ0) is 68.4.